The van der Waals surface area contributed by atoms with Gasteiger partial charge in [0.2, 0.25) is 0 Å². The molecule has 0 aliphatic heterocycles. The summed E-state index contributed by atoms with van der Waals surface area (Å²) in [5.74, 6) is -0.329. The first-order valence-corrected chi connectivity index (χ1v) is 5.85. The van der Waals surface area contributed by atoms with Crippen LogP contribution in [0.15, 0.2) is 42.6 Å². The highest BCUT2D eigenvalue weighted by atomic mass is 19.1. The van der Waals surface area contributed by atoms with E-state index < -0.39 is 5.97 Å². The highest BCUT2D eigenvalue weighted by Crippen LogP contribution is 2.18. The van der Waals surface area contributed by atoms with Crippen molar-refractivity contribution in [3.63, 3.8) is 0 Å². The lowest BCUT2D eigenvalue weighted by Crippen LogP contribution is -2.05. The second kappa shape index (κ2) is 5.95. The molecule has 98 valence electrons. The summed E-state index contributed by atoms with van der Waals surface area (Å²) >= 11 is 0. The molecule has 0 unspecified atom stereocenters. The number of halogens is 1. The molecular formula is C14H13FN2O2. The molecule has 1 aromatic carbocycles. The van der Waals surface area contributed by atoms with Crippen LogP contribution < -0.4 is 5.32 Å². The van der Waals surface area contributed by atoms with E-state index in [1.165, 1.54) is 12.3 Å². The molecule has 0 atom stereocenters. The zero-order valence-corrected chi connectivity index (χ0v) is 10.4. The molecule has 1 aromatic heterocycles. The minimum atomic E-state index is -0.424. The van der Waals surface area contributed by atoms with Crippen LogP contribution in [-0.4, -0.2) is 17.6 Å². The minimum absolute atomic E-state index is 0.314. The molecule has 0 aliphatic carbocycles. The van der Waals surface area contributed by atoms with E-state index in [2.05, 4.69) is 10.3 Å². The van der Waals surface area contributed by atoms with Gasteiger partial charge in [-0.1, -0.05) is 12.1 Å². The second-order valence-electron chi connectivity index (χ2n) is 3.76. The van der Waals surface area contributed by atoms with E-state index in [0.29, 0.717) is 23.7 Å². The summed E-state index contributed by atoms with van der Waals surface area (Å²) in [6.07, 6.45) is 1.39. The lowest BCUT2D eigenvalue weighted by atomic mass is 10.2. The Kier molecular flexibility index (Phi) is 4.07. The molecule has 0 saturated carbocycles. The van der Waals surface area contributed by atoms with Gasteiger partial charge in [0.05, 0.1) is 17.9 Å². The Morgan fingerprint density at radius 3 is 2.74 bits per heavy atom. The average Bonchev–Trinajstić information content (AvgIpc) is 2.42. The van der Waals surface area contributed by atoms with Crippen molar-refractivity contribution < 1.29 is 13.9 Å². The Morgan fingerprint density at radius 1 is 1.32 bits per heavy atom. The van der Waals surface area contributed by atoms with E-state index in [1.807, 2.05) is 0 Å². The van der Waals surface area contributed by atoms with Gasteiger partial charge in [0, 0.05) is 6.20 Å². The number of nitrogens with zero attached hydrogens (tertiary/aromatic N) is 1. The largest absolute Gasteiger partial charge is 0.462 e. The monoisotopic (exact) mass is 260 g/mol. The summed E-state index contributed by atoms with van der Waals surface area (Å²) in [7, 11) is 0. The molecule has 1 N–H and O–H groups in total. The molecule has 1 heterocycles. The van der Waals surface area contributed by atoms with Crippen molar-refractivity contribution in [1.82, 2.24) is 4.98 Å². The molecule has 0 radical (unpaired) electrons. The lowest BCUT2D eigenvalue weighted by molar-refractivity contribution is 0.0526. The van der Waals surface area contributed by atoms with Crippen molar-refractivity contribution >= 4 is 17.5 Å². The van der Waals surface area contributed by atoms with E-state index >= 15 is 0 Å². The van der Waals surface area contributed by atoms with Crippen LogP contribution in [0.4, 0.5) is 15.9 Å². The van der Waals surface area contributed by atoms with Gasteiger partial charge in [-0.3, -0.25) is 0 Å². The summed E-state index contributed by atoms with van der Waals surface area (Å²) in [6, 6.07) is 9.47. The van der Waals surface area contributed by atoms with Gasteiger partial charge in [0.25, 0.3) is 0 Å². The molecule has 0 fully saturated rings. The van der Waals surface area contributed by atoms with Gasteiger partial charge in [-0.15, -0.1) is 0 Å². The van der Waals surface area contributed by atoms with Gasteiger partial charge in [-0.25, -0.2) is 14.2 Å². The number of hydrogen-bond acceptors (Lipinski definition) is 4. The second-order valence-corrected chi connectivity index (χ2v) is 3.76. The smallest absolute Gasteiger partial charge is 0.339 e. The molecule has 2 aromatic rings. The van der Waals surface area contributed by atoms with Crippen molar-refractivity contribution in [2.45, 2.75) is 6.92 Å². The van der Waals surface area contributed by atoms with Gasteiger partial charge in [-0.05, 0) is 31.2 Å². The Bertz CT molecular complexity index is 570. The first kappa shape index (κ1) is 13.0. The Morgan fingerprint density at radius 2 is 2.11 bits per heavy atom. The maximum absolute atomic E-state index is 13.4. The van der Waals surface area contributed by atoms with Crippen molar-refractivity contribution in [1.29, 1.82) is 0 Å². The van der Waals surface area contributed by atoms with E-state index in [9.17, 15) is 9.18 Å². The Balaban J connectivity index is 2.11. The van der Waals surface area contributed by atoms with Crippen LogP contribution in [0.25, 0.3) is 0 Å². The molecule has 0 bridgehead atoms. The van der Waals surface area contributed by atoms with Gasteiger partial charge in [0.15, 0.2) is 0 Å². The number of hydrogen-bond donors (Lipinski definition) is 1. The first-order valence-electron chi connectivity index (χ1n) is 5.85. The molecule has 0 saturated heterocycles. The molecule has 2 rings (SSSR count). The summed E-state index contributed by atoms with van der Waals surface area (Å²) in [4.78, 5) is 15.5. The summed E-state index contributed by atoms with van der Waals surface area (Å²) in [5.41, 5.74) is 0.694. The fourth-order valence-electron chi connectivity index (χ4n) is 1.50. The number of rotatable bonds is 4. The minimum Gasteiger partial charge on any atom is -0.462 e. The standard InChI is InChI=1S/C14H13FN2O2/c1-2-19-14(18)10-7-8-13(16-9-10)17-12-6-4-3-5-11(12)15/h3-9H,2H2,1H3,(H,16,17). The maximum Gasteiger partial charge on any atom is 0.339 e. The molecule has 19 heavy (non-hydrogen) atoms. The topological polar surface area (TPSA) is 51.2 Å². The first-order chi connectivity index (χ1) is 9.20. The third kappa shape index (κ3) is 3.28. The number of ether oxygens (including phenoxy) is 1. The fourth-order valence-corrected chi connectivity index (χ4v) is 1.50. The zero-order chi connectivity index (χ0) is 13.7. The number of esters is 1. The Hall–Kier alpha value is -2.43. The third-order valence-electron chi connectivity index (χ3n) is 2.41. The van der Waals surface area contributed by atoms with Gasteiger partial charge >= 0.3 is 5.97 Å². The summed E-state index contributed by atoms with van der Waals surface area (Å²) < 4.78 is 18.3. The normalized spacial score (nSPS) is 10.0. The third-order valence-corrected chi connectivity index (χ3v) is 2.41. The van der Waals surface area contributed by atoms with Crippen LogP contribution in [0.1, 0.15) is 17.3 Å². The highest BCUT2D eigenvalue weighted by Gasteiger charge is 2.07. The predicted octanol–water partition coefficient (Wildman–Crippen LogP) is 3.14. The van der Waals surface area contributed by atoms with Crippen LogP contribution in [0.5, 0.6) is 0 Å². The average molecular weight is 260 g/mol. The van der Waals surface area contributed by atoms with Gasteiger partial charge in [0.1, 0.15) is 11.6 Å². The van der Waals surface area contributed by atoms with Crippen LogP contribution in [0.2, 0.25) is 0 Å². The van der Waals surface area contributed by atoms with Gasteiger partial charge in [-0.2, -0.15) is 0 Å². The number of carbonyl (C=O) groups is 1. The van der Waals surface area contributed by atoms with Crippen LogP contribution in [0, 0.1) is 5.82 Å². The van der Waals surface area contributed by atoms with E-state index in [4.69, 9.17) is 4.74 Å². The highest BCUT2D eigenvalue weighted by molar-refractivity contribution is 5.89. The SMILES string of the molecule is CCOC(=O)c1ccc(Nc2ccccc2F)nc1. The van der Waals surface area contributed by atoms with Crippen LogP contribution in [0.3, 0.4) is 0 Å². The predicted molar refractivity (Wildman–Crippen MR) is 69.9 cm³/mol. The summed E-state index contributed by atoms with van der Waals surface area (Å²) in [5, 5.41) is 2.83. The van der Waals surface area contributed by atoms with Crippen LogP contribution in [-0.2, 0) is 4.74 Å². The van der Waals surface area contributed by atoms with E-state index in [0.717, 1.165) is 0 Å². The molecule has 5 heteroatoms. The quantitative estimate of drug-likeness (QED) is 0.858. The van der Waals surface area contributed by atoms with Gasteiger partial charge < -0.3 is 10.1 Å². The number of benzene rings is 1. The molecular weight excluding hydrogens is 247 g/mol. The van der Waals surface area contributed by atoms with Crippen molar-refractivity contribution in [3.05, 3.63) is 54.0 Å². The maximum atomic E-state index is 13.4. The molecule has 0 aliphatic rings. The number of aromatic nitrogens is 1. The molecule has 4 nitrogen and oxygen atoms in total. The van der Waals surface area contributed by atoms with Crippen molar-refractivity contribution in [2.24, 2.45) is 0 Å². The Labute approximate surface area is 110 Å². The fraction of sp³-hybridized carbons (Fsp3) is 0.143. The number of pyridine rings is 1. The summed E-state index contributed by atoms with van der Waals surface area (Å²) in [6.45, 7) is 2.05. The van der Waals surface area contributed by atoms with E-state index in [-0.39, 0.29) is 5.82 Å². The number of para-hydroxylation sites is 1. The lowest BCUT2D eigenvalue weighted by Gasteiger charge is -2.07. The molecule has 0 amide bonds. The molecule has 0 spiro atoms. The number of anilines is 2. The van der Waals surface area contributed by atoms with Crippen LogP contribution >= 0.6 is 0 Å². The van der Waals surface area contributed by atoms with E-state index in [1.54, 1.807) is 37.3 Å². The number of nitrogens with one attached hydrogen (secondary N) is 1. The van der Waals surface area contributed by atoms with Crippen molar-refractivity contribution in [2.75, 3.05) is 11.9 Å². The zero-order valence-electron chi connectivity index (χ0n) is 10.4. The number of carbonyl (C=O) groups excluding carboxylic acids is 1. The van der Waals surface area contributed by atoms with Crippen molar-refractivity contribution in [3.8, 4) is 0 Å².